The van der Waals surface area contributed by atoms with Crippen LogP contribution < -0.4 is 10.2 Å². The number of carbonyl (C=O) groups is 1. The van der Waals surface area contributed by atoms with Crippen molar-refractivity contribution in [1.29, 1.82) is 0 Å². The Hall–Kier alpha value is -2.86. The summed E-state index contributed by atoms with van der Waals surface area (Å²) in [6.07, 6.45) is 1.92. The van der Waals surface area contributed by atoms with Crippen LogP contribution in [0.25, 0.3) is 0 Å². The predicted octanol–water partition coefficient (Wildman–Crippen LogP) is 2.11. The number of rotatable bonds is 3. The van der Waals surface area contributed by atoms with E-state index in [0.717, 1.165) is 5.69 Å². The van der Waals surface area contributed by atoms with Gasteiger partial charge in [-0.1, -0.05) is 18.2 Å². The first-order chi connectivity index (χ1) is 11.1. The summed E-state index contributed by atoms with van der Waals surface area (Å²) in [5.41, 5.74) is 1.83. The van der Waals surface area contributed by atoms with Gasteiger partial charge in [0, 0.05) is 30.1 Å². The number of fused-ring (bicyclic) bond motifs is 1. The Morgan fingerprint density at radius 3 is 2.65 bits per heavy atom. The average molecular weight is 311 g/mol. The maximum atomic E-state index is 12.3. The highest BCUT2D eigenvalue weighted by Crippen LogP contribution is 2.37. The molecule has 0 aliphatic carbocycles. The number of carbonyl (C=O) groups excluding carboxylic acids is 1. The summed E-state index contributed by atoms with van der Waals surface area (Å²) in [6.45, 7) is 2.39. The number of aromatic nitrogens is 1. The van der Waals surface area contributed by atoms with Gasteiger partial charge in [-0.3, -0.25) is 9.78 Å². The highest BCUT2D eigenvalue weighted by atomic mass is 16.3. The van der Waals surface area contributed by atoms with Crippen molar-refractivity contribution < 1.29 is 15.0 Å². The molecule has 1 aromatic carbocycles. The first-order valence-corrected chi connectivity index (χ1v) is 7.32. The quantitative estimate of drug-likeness (QED) is 0.808. The topological polar surface area (TPSA) is 85.7 Å². The van der Waals surface area contributed by atoms with Gasteiger partial charge in [-0.05, 0) is 25.1 Å². The van der Waals surface area contributed by atoms with Crippen molar-refractivity contribution >= 4 is 11.6 Å². The first-order valence-electron chi connectivity index (χ1n) is 7.32. The fourth-order valence-corrected chi connectivity index (χ4v) is 2.64. The SMILES string of the molecule is CCN1C(O)=C(NC(=O)c2ccncc2)C(O)c2ccccc21. The molecular formula is C17H17N3O3. The van der Waals surface area contributed by atoms with Gasteiger partial charge in [-0.15, -0.1) is 0 Å². The Morgan fingerprint density at radius 2 is 1.96 bits per heavy atom. The molecule has 6 heteroatoms. The van der Waals surface area contributed by atoms with Crippen LogP contribution in [0.15, 0.2) is 60.4 Å². The van der Waals surface area contributed by atoms with Gasteiger partial charge >= 0.3 is 0 Å². The molecule has 2 heterocycles. The monoisotopic (exact) mass is 311 g/mol. The van der Waals surface area contributed by atoms with Gasteiger partial charge in [0.15, 0.2) is 0 Å². The lowest BCUT2D eigenvalue weighted by atomic mass is 9.99. The summed E-state index contributed by atoms with van der Waals surface area (Å²) in [6, 6.07) is 10.4. The molecule has 1 unspecified atom stereocenters. The van der Waals surface area contributed by atoms with Crippen molar-refractivity contribution in [2.45, 2.75) is 13.0 Å². The fourth-order valence-electron chi connectivity index (χ4n) is 2.64. The first kappa shape index (κ1) is 15.1. The smallest absolute Gasteiger partial charge is 0.255 e. The van der Waals surface area contributed by atoms with Crippen molar-refractivity contribution in [3.8, 4) is 0 Å². The molecule has 0 bridgehead atoms. The van der Waals surface area contributed by atoms with Crippen LogP contribution in [0.5, 0.6) is 0 Å². The van der Waals surface area contributed by atoms with E-state index in [1.165, 1.54) is 12.4 Å². The second-order valence-corrected chi connectivity index (χ2v) is 5.13. The number of nitrogens with zero attached hydrogens (tertiary/aromatic N) is 2. The van der Waals surface area contributed by atoms with Gasteiger partial charge < -0.3 is 20.4 Å². The maximum absolute atomic E-state index is 12.3. The number of pyridine rings is 1. The van der Waals surface area contributed by atoms with Crippen molar-refractivity contribution in [2.75, 3.05) is 11.4 Å². The third-order valence-corrected chi connectivity index (χ3v) is 3.80. The lowest BCUT2D eigenvalue weighted by Gasteiger charge is -2.34. The Morgan fingerprint density at radius 1 is 1.26 bits per heavy atom. The Labute approximate surface area is 133 Å². The van der Waals surface area contributed by atoms with Crippen LogP contribution in [0.1, 0.15) is 28.9 Å². The molecule has 6 nitrogen and oxygen atoms in total. The van der Waals surface area contributed by atoms with Crippen LogP contribution >= 0.6 is 0 Å². The van der Waals surface area contributed by atoms with E-state index in [1.807, 2.05) is 19.1 Å². The zero-order valence-corrected chi connectivity index (χ0v) is 12.6. The molecule has 1 aliphatic heterocycles. The lowest BCUT2D eigenvalue weighted by molar-refractivity contribution is 0.0939. The number of hydrogen-bond acceptors (Lipinski definition) is 5. The van der Waals surface area contributed by atoms with E-state index in [1.54, 1.807) is 29.2 Å². The molecule has 3 N–H and O–H groups in total. The van der Waals surface area contributed by atoms with Crippen molar-refractivity contribution in [3.05, 3.63) is 71.5 Å². The summed E-state index contributed by atoms with van der Waals surface area (Å²) in [7, 11) is 0. The molecular weight excluding hydrogens is 294 g/mol. The van der Waals surface area contributed by atoms with Gasteiger partial charge in [0.05, 0.1) is 5.69 Å². The van der Waals surface area contributed by atoms with Gasteiger partial charge in [0.1, 0.15) is 11.8 Å². The second-order valence-electron chi connectivity index (χ2n) is 5.13. The summed E-state index contributed by atoms with van der Waals surface area (Å²) in [4.78, 5) is 17.8. The Kier molecular flexibility index (Phi) is 3.99. The summed E-state index contributed by atoms with van der Waals surface area (Å²) in [5.74, 6) is -0.565. The van der Waals surface area contributed by atoms with E-state index >= 15 is 0 Å². The summed E-state index contributed by atoms with van der Waals surface area (Å²) in [5, 5.41) is 23.6. The second kappa shape index (κ2) is 6.10. The zero-order chi connectivity index (χ0) is 16.4. The number of benzene rings is 1. The van der Waals surface area contributed by atoms with Gasteiger partial charge in [-0.2, -0.15) is 0 Å². The van der Waals surface area contributed by atoms with E-state index in [-0.39, 0.29) is 11.6 Å². The molecule has 1 atom stereocenters. The molecule has 3 rings (SSSR count). The number of anilines is 1. The third-order valence-electron chi connectivity index (χ3n) is 3.80. The molecule has 0 fully saturated rings. The molecule has 0 spiro atoms. The van der Waals surface area contributed by atoms with E-state index in [2.05, 4.69) is 10.3 Å². The van der Waals surface area contributed by atoms with Crippen LogP contribution in [-0.4, -0.2) is 27.6 Å². The van der Waals surface area contributed by atoms with E-state index in [4.69, 9.17) is 0 Å². The number of amides is 1. The van der Waals surface area contributed by atoms with Gasteiger partial charge in [0.25, 0.3) is 5.91 Å². The Balaban J connectivity index is 1.96. The predicted molar refractivity (Wildman–Crippen MR) is 85.8 cm³/mol. The van der Waals surface area contributed by atoms with Crippen LogP contribution in [-0.2, 0) is 0 Å². The zero-order valence-electron chi connectivity index (χ0n) is 12.6. The van der Waals surface area contributed by atoms with E-state index < -0.39 is 12.0 Å². The standard InChI is InChI=1S/C17H17N3O3/c1-2-20-13-6-4-3-5-12(13)15(21)14(17(20)23)19-16(22)11-7-9-18-10-8-11/h3-10,15,21,23H,2H2,1H3,(H,19,22). The molecule has 1 aliphatic rings. The highest BCUT2D eigenvalue weighted by Gasteiger charge is 2.32. The van der Waals surface area contributed by atoms with Crippen molar-refractivity contribution in [2.24, 2.45) is 0 Å². The molecule has 2 aromatic rings. The highest BCUT2D eigenvalue weighted by molar-refractivity contribution is 5.95. The normalized spacial score (nSPS) is 17.0. The van der Waals surface area contributed by atoms with Crippen LogP contribution in [0.4, 0.5) is 5.69 Å². The minimum Gasteiger partial charge on any atom is -0.493 e. The largest absolute Gasteiger partial charge is 0.493 e. The number of para-hydroxylation sites is 1. The molecule has 0 radical (unpaired) electrons. The molecule has 1 amide bonds. The Bertz CT molecular complexity index is 759. The van der Waals surface area contributed by atoms with E-state index in [9.17, 15) is 15.0 Å². The summed E-state index contributed by atoms with van der Waals surface area (Å²) < 4.78 is 0. The minimum atomic E-state index is -1.10. The molecule has 0 saturated carbocycles. The van der Waals surface area contributed by atoms with E-state index in [0.29, 0.717) is 17.7 Å². The van der Waals surface area contributed by atoms with Gasteiger partial charge in [-0.25, -0.2) is 0 Å². The van der Waals surface area contributed by atoms with Crippen molar-refractivity contribution in [1.82, 2.24) is 10.3 Å². The number of nitrogens with one attached hydrogen (secondary N) is 1. The number of hydrogen-bond donors (Lipinski definition) is 3. The molecule has 118 valence electrons. The maximum Gasteiger partial charge on any atom is 0.255 e. The average Bonchev–Trinajstić information content (AvgIpc) is 2.60. The van der Waals surface area contributed by atoms with Crippen LogP contribution in [0.3, 0.4) is 0 Å². The number of aliphatic hydroxyl groups excluding tert-OH is 2. The summed E-state index contributed by atoms with van der Waals surface area (Å²) >= 11 is 0. The van der Waals surface area contributed by atoms with Crippen LogP contribution in [0.2, 0.25) is 0 Å². The molecule has 0 saturated heterocycles. The fraction of sp³-hybridized carbons (Fsp3) is 0.176. The molecule has 1 aromatic heterocycles. The van der Waals surface area contributed by atoms with Crippen LogP contribution in [0, 0.1) is 0 Å². The third kappa shape index (κ3) is 2.64. The van der Waals surface area contributed by atoms with Crippen molar-refractivity contribution in [3.63, 3.8) is 0 Å². The number of aliphatic hydroxyl groups is 2. The minimum absolute atomic E-state index is 0.0763. The molecule has 23 heavy (non-hydrogen) atoms. The van der Waals surface area contributed by atoms with Gasteiger partial charge in [0.2, 0.25) is 5.88 Å². The lowest BCUT2D eigenvalue weighted by Crippen LogP contribution is -2.37.